The first kappa shape index (κ1) is 11.9. The second kappa shape index (κ2) is 4.28. The van der Waals surface area contributed by atoms with Gasteiger partial charge in [0.15, 0.2) is 0 Å². The van der Waals surface area contributed by atoms with Gasteiger partial charge in [0.2, 0.25) is 0 Å². The molecule has 21 heavy (non-hydrogen) atoms. The van der Waals surface area contributed by atoms with Crippen LogP contribution in [0.4, 0.5) is 11.4 Å². The van der Waals surface area contributed by atoms with Crippen molar-refractivity contribution in [1.82, 2.24) is 0 Å². The Morgan fingerprint density at radius 2 is 1.33 bits per heavy atom. The van der Waals surface area contributed by atoms with Crippen molar-refractivity contribution in [1.29, 1.82) is 0 Å². The van der Waals surface area contributed by atoms with Gasteiger partial charge in [0.05, 0.1) is 11.3 Å². The molecule has 3 aromatic rings. The number of amides is 1. The number of para-hydroxylation sites is 1. The zero-order valence-corrected chi connectivity index (χ0v) is 11.1. The van der Waals surface area contributed by atoms with E-state index in [4.69, 9.17) is 0 Å². The van der Waals surface area contributed by atoms with Crippen LogP contribution in [0.3, 0.4) is 0 Å². The third-order valence-corrected chi connectivity index (χ3v) is 3.76. The Balaban J connectivity index is 2.00. The molecule has 1 heterocycles. The minimum absolute atomic E-state index is 0.445. The standard InChI is InChI=1S/C18H11NO2/c20-17-15-10-12-6-4-5-7-13(12)11-16(15)19(18(17)21)14-8-2-1-3-9-14/h1-11H. The Morgan fingerprint density at radius 3 is 2.05 bits per heavy atom. The lowest BCUT2D eigenvalue weighted by molar-refractivity contribution is -0.113. The molecule has 3 nitrogen and oxygen atoms in total. The van der Waals surface area contributed by atoms with Crippen molar-refractivity contribution >= 4 is 33.8 Å². The van der Waals surface area contributed by atoms with Gasteiger partial charge in [0.1, 0.15) is 0 Å². The van der Waals surface area contributed by atoms with Gasteiger partial charge in [-0.2, -0.15) is 0 Å². The van der Waals surface area contributed by atoms with Crippen molar-refractivity contribution < 1.29 is 9.59 Å². The molecule has 0 saturated carbocycles. The molecule has 0 bridgehead atoms. The Kier molecular flexibility index (Phi) is 2.42. The third-order valence-electron chi connectivity index (χ3n) is 3.76. The molecule has 3 heteroatoms. The molecule has 0 radical (unpaired) electrons. The van der Waals surface area contributed by atoms with Crippen molar-refractivity contribution in [2.75, 3.05) is 4.90 Å². The fourth-order valence-electron chi connectivity index (χ4n) is 2.75. The fourth-order valence-corrected chi connectivity index (χ4v) is 2.75. The summed E-state index contributed by atoms with van der Waals surface area (Å²) in [5, 5.41) is 1.98. The second-order valence-corrected chi connectivity index (χ2v) is 5.02. The summed E-state index contributed by atoms with van der Waals surface area (Å²) in [5.41, 5.74) is 1.85. The van der Waals surface area contributed by atoms with Crippen LogP contribution in [0.1, 0.15) is 10.4 Å². The molecule has 100 valence electrons. The van der Waals surface area contributed by atoms with E-state index >= 15 is 0 Å². The van der Waals surface area contributed by atoms with E-state index in [2.05, 4.69) is 0 Å². The molecule has 1 aliphatic heterocycles. The topological polar surface area (TPSA) is 37.4 Å². The van der Waals surface area contributed by atoms with Crippen molar-refractivity contribution in [2.45, 2.75) is 0 Å². The first-order chi connectivity index (χ1) is 10.3. The molecule has 0 atom stereocenters. The largest absolute Gasteiger partial charge is 0.304 e. The molecule has 1 amide bonds. The Morgan fingerprint density at radius 1 is 0.714 bits per heavy atom. The van der Waals surface area contributed by atoms with Gasteiger partial charge in [-0.05, 0) is 35.0 Å². The summed E-state index contributed by atoms with van der Waals surface area (Å²) < 4.78 is 0. The Hall–Kier alpha value is -2.94. The summed E-state index contributed by atoms with van der Waals surface area (Å²) in [6, 6.07) is 20.7. The number of hydrogen-bond acceptors (Lipinski definition) is 2. The molecule has 0 saturated heterocycles. The lowest BCUT2D eigenvalue weighted by atomic mass is 10.0. The minimum atomic E-state index is -0.494. The van der Waals surface area contributed by atoms with E-state index in [1.807, 2.05) is 60.7 Å². The van der Waals surface area contributed by atoms with Crippen molar-refractivity contribution in [3.05, 3.63) is 72.3 Å². The van der Waals surface area contributed by atoms with Crippen molar-refractivity contribution in [3.63, 3.8) is 0 Å². The van der Waals surface area contributed by atoms with E-state index in [0.29, 0.717) is 16.9 Å². The number of carbonyl (C=O) groups is 2. The summed E-state index contributed by atoms with van der Waals surface area (Å²) in [7, 11) is 0. The van der Waals surface area contributed by atoms with Gasteiger partial charge in [-0.3, -0.25) is 14.5 Å². The molecule has 3 aromatic carbocycles. The maximum Gasteiger partial charge on any atom is 0.304 e. The van der Waals surface area contributed by atoms with Gasteiger partial charge < -0.3 is 0 Å². The number of carbonyl (C=O) groups excluding carboxylic acids is 2. The van der Waals surface area contributed by atoms with E-state index in [1.165, 1.54) is 4.90 Å². The number of anilines is 2. The summed E-state index contributed by atoms with van der Waals surface area (Å²) in [6.45, 7) is 0. The SMILES string of the molecule is O=C1C(=O)N(c2ccccc2)c2cc3ccccc3cc21. The van der Waals surface area contributed by atoms with E-state index in [0.717, 1.165) is 10.8 Å². The van der Waals surface area contributed by atoms with Gasteiger partial charge in [-0.25, -0.2) is 0 Å². The summed E-state index contributed by atoms with van der Waals surface area (Å²) in [6.07, 6.45) is 0. The van der Waals surface area contributed by atoms with Crippen LogP contribution < -0.4 is 4.90 Å². The van der Waals surface area contributed by atoms with E-state index < -0.39 is 11.7 Å². The maximum absolute atomic E-state index is 12.3. The highest BCUT2D eigenvalue weighted by Crippen LogP contribution is 2.37. The molecule has 0 unspecified atom stereocenters. The molecule has 0 aliphatic carbocycles. The molecule has 0 N–H and O–H groups in total. The van der Waals surface area contributed by atoms with Crippen LogP contribution in [0.15, 0.2) is 66.7 Å². The smallest absolute Gasteiger partial charge is 0.283 e. The number of nitrogens with zero attached hydrogens (tertiary/aromatic N) is 1. The number of fused-ring (bicyclic) bond motifs is 2. The van der Waals surface area contributed by atoms with Gasteiger partial charge in [-0.15, -0.1) is 0 Å². The van der Waals surface area contributed by atoms with Gasteiger partial charge in [0.25, 0.3) is 5.78 Å². The molecular weight excluding hydrogens is 262 g/mol. The minimum Gasteiger partial charge on any atom is -0.283 e. The van der Waals surface area contributed by atoms with E-state index in [-0.39, 0.29) is 0 Å². The number of hydrogen-bond donors (Lipinski definition) is 0. The fraction of sp³-hybridized carbons (Fsp3) is 0. The zero-order valence-electron chi connectivity index (χ0n) is 11.1. The highest BCUT2D eigenvalue weighted by molar-refractivity contribution is 6.54. The van der Waals surface area contributed by atoms with Gasteiger partial charge in [0, 0.05) is 5.69 Å². The van der Waals surface area contributed by atoms with Crippen molar-refractivity contribution in [3.8, 4) is 0 Å². The summed E-state index contributed by atoms with van der Waals surface area (Å²) in [5.74, 6) is -0.939. The zero-order chi connectivity index (χ0) is 14.4. The predicted octanol–water partition coefficient (Wildman–Crippen LogP) is 3.70. The Bertz CT molecular complexity index is 884. The van der Waals surface area contributed by atoms with E-state index in [9.17, 15) is 9.59 Å². The monoisotopic (exact) mass is 273 g/mol. The van der Waals surface area contributed by atoms with Crippen LogP contribution in [0.25, 0.3) is 10.8 Å². The molecular formula is C18H11NO2. The number of ketones is 1. The number of rotatable bonds is 1. The van der Waals surface area contributed by atoms with Crippen LogP contribution in [-0.2, 0) is 4.79 Å². The van der Waals surface area contributed by atoms with Crippen LogP contribution >= 0.6 is 0 Å². The molecule has 0 fully saturated rings. The predicted molar refractivity (Wildman–Crippen MR) is 81.9 cm³/mol. The maximum atomic E-state index is 12.3. The van der Waals surface area contributed by atoms with Crippen LogP contribution in [0.5, 0.6) is 0 Å². The lowest BCUT2D eigenvalue weighted by Gasteiger charge is -2.16. The third kappa shape index (κ3) is 1.68. The average molecular weight is 273 g/mol. The molecule has 0 spiro atoms. The van der Waals surface area contributed by atoms with Crippen LogP contribution in [-0.4, -0.2) is 11.7 Å². The molecule has 1 aliphatic rings. The Labute approximate surface area is 121 Å². The first-order valence-electron chi connectivity index (χ1n) is 6.72. The number of Topliss-reactive ketones (excluding diaryl/α,β-unsaturated/α-hetero) is 1. The van der Waals surface area contributed by atoms with Crippen LogP contribution in [0.2, 0.25) is 0 Å². The molecule has 0 aromatic heterocycles. The highest BCUT2D eigenvalue weighted by Gasteiger charge is 2.36. The lowest BCUT2D eigenvalue weighted by Crippen LogP contribution is -2.24. The summed E-state index contributed by atoms with van der Waals surface area (Å²) in [4.78, 5) is 26.0. The van der Waals surface area contributed by atoms with Gasteiger partial charge >= 0.3 is 5.91 Å². The average Bonchev–Trinajstić information content (AvgIpc) is 2.77. The number of benzene rings is 3. The van der Waals surface area contributed by atoms with Gasteiger partial charge in [-0.1, -0.05) is 42.5 Å². The first-order valence-corrected chi connectivity index (χ1v) is 6.72. The summed E-state index contributed by atoms with van der Waals surface area (Å²) >= 11 is 0. The molecule has 4 rings (SSSR count). The normalized spacial score (nSPS) is 13.8. The van der Waals surface area contributed by atoms with Crippen molar-refractivity contribution in [2.24, 2.45) is 0 Å². The van der Waals surface area contributed by atoms with Crippen LogP contribution in [0, 0.1) is 0 Å². The van der Waals surface area contributed by atoms with E-state index in [1.54, 1.807) is 6.07 Å². The quantitative estimate of drug-likeness (QED) is 0.634. The highest BCUT2D eigenvalue weighted by atomic mass is 16.2. The second-order valence-electron chi connectivity index (χ2n) is 5.02.